The summed E-state index contributed by atoms with van der Waals surface area (Å²) < 4.78 is 5.80. The lowest BCUT2D eigenvalue weighted by Crippen LogP contribution is -2.39. The van der Waals surface area contributed by atoms with Crippen LogP contribution in [0, 0.1) is 5.92 Å². The topological polar surface area (TPSA) is 87.7 Å². The second-order valence-corrected chi connectivity index (χ2v) is 6.56. The number of ether oxygens (including phenoxy) is 1. The van der Waals surface area contributed by atoms with E-state index in [2.05, 4.69) is 10.6 Å². The fourth-order valence-electron chi connectivity index (χ4n) is 2.75. The molecule has 1 saturated heterocycles. The van der Waals surface area contributed by atoms with Gasteiger partial charge in [-0.2, -0.15) is 0 Å². The average molecular weight is 367 g/mol. The van der Waals surface area contributed by atoms with E-state index in [4.69, 9.17) is 4.74 Å². The number of para-hydroxylation sites is 3. The Morgan fingerprint density at radius 1 is 1.11 bits per heavy atom. The highest BCUT2D eigenvalue weighted by Crippen LogP contribution is 2.29. The van der Waals surface area contributed by atoms with E-state index >= 15 is 0 Å². The zero-order valence-electron chi connectivity index (χ0n) is 15.1. The van der Waals surface area contributed by atoms with Crippen molar-refractivity contribution in [3.05, 3.63) is 54.6 Å². The van der Waals surface area contributed by atoms with E-state index < -0.39 is 18.0 Å². The first-order valence-corrected chi connectivity index (χ1v) is 8.69. The van der Waals surface area contributed by atoms with Crippen LogP contribution in [0.15, 0.2) is 54.6 Å². The number of hydrogen-bond acceptors (Lipinski definition) is 4. The van der Waals surface area contributed by atoms with Crippen LogP contribution in [0.1, 0.15) is 13.8 Å². The molecule has 2 aromatic carbocycles. The molecule has 1 aliphatic rings. The minimum absolute atomic E-state index is 0.0468. The predicted molar refractivity (Wildman–Crippen MR) is 100 cm³/mol. The molecule has 7 heteroatoms. The Hall–Kier alpha value is -3.35. The highest BCUT2D eigenvalue weighted by molar-refractivity contribution is 6.08. The third kappa shape index (κ3) is 4.25. The molecule has 4 amide bonds. The Morgan fingerprint density at radius 3 is 2.44 bits per heavy atom. The van der Waals surface area contributed by atoms with E-state index in [1.807, 2.05) is 32.0 Å². The van der Waals surface area contributed by atoms with Gasteiger partial charge in [0.25, 0.3) is 5.91 Å². The fraction of sp³-hybridized carbons (Fsp3) is 0.250. The van der Waals surface area contributed by atoms with Gasteiger partial charge < -0.3 is 15.4 Å². The van der Waals surface area contributed by atoms with Crippen molar-refractivity contribution in [2.75, 3.05) is 11.9 Å². The summed E-state index contributed by atoms with van der Waals surface area (Å²) in [5.74, 6) is 0.183. The molecular weight excluding hydrogens is 346 g/mol. The van der Waals surface area contributed by atoms with Crippen LogP contribution in [-0.4, -0.2) is 35.3 Å². The van der Waals surface area contributed by atoms with Gasteiger partial charge in [-0.05, 0) is 30.2 Å². The number of urea groups is 1. The number of anilines is 1. The first-order valence-electron chi connectivity index (χ1n) is 8.69. The van der Waals surface area contributed by atoms with Crippen LogP contribution in [0.25, 0.3) is 0 Å². The van der Waals surface area contributed by atoms with E-state index in [9.17, 15) is 14.4 Å². The Bertz CT molecular complexity index is 851. The molecule has 140 valence electrons. The molecule has 0 aliphatic carbocycles. The molecule has 0 saturated carbocycles. The highest BCUT2D eigenvalue weighted by atomic mass is 16.5. The van der Waals surface area contributed by atoms with Crippen LogP contribution in [-0.2, 0) is 9.59 Å². The molecule has 0 aromatic heterocycles. The van der Waals surface area contributed by atoms with Crippen molar-refractivity contribution >= 4 is 23.5 Å². The van der Waals surface area contributed by atoms with Crippen molar-refractivity contribution in [2.45, 2.75) is 19.9 Å². The summed E-state index contributed by atoms with van der Waals surface area (Å²) in [6.07, 6.45) is 0. The standard InChI is InChI=1S/C20H21N3O4/c1-13(2)18-19(25)23(20(26)22-18)12-17(24)21-15-10-6-7-11-16(15)27-14-8-4-3-5-9-14/h3-11,13,18H,12H2,1-2H3,(H,21,24)(H,22,26). The molecule has 0 spiro atoms. The molecule has 27 heavy (non-hydrogen) atoms. The zero-order valence-corrected chi connectivity index (χ0v) is 15.1. The smallest absolute Gasteiger partial charge is 0.325 e. The van der Waals surface area contributed by atoms with Crippen LogP contribution in [0.2, 0.25) is 0 Å². The van der Waals surface area contributed by atoms with Crippen molar-refractivity contribution in [3.8, 4) is 11.5 Å². The molecule has 1 aliphatic heterocycles. The summed E-state index contributed by atoms with van der Waals surface area (Å²) in [5.41, 5.74) is 0.457. The lowest BCUT2D eigenvalue weighted by atomic mass is 10.1. The maximum atomic E-state index is 12.4. The molecule has 7 nitrogen and oxygen atoms in total. The number of nitrogens with one attached hydrogen (secondary N) is 2. The van der Waals surface area contributed by atoms with Gasteiger partial charge in [0.1, 0.15) is 18.3 Å². The van der Waals surface area contributed by atoms with Crippen LogP contribution in [0.4, 0.5) is 10.5 Å². The lowest BCUT2D eigenvalue weighted by Gasteiger charge is -2.16. The predicted octanol–water partition coefficient (Wildman–Crippen LogP) is 2.99. The first-order chi connectivity index (χ1) is 13.0. The van der Waals surface area contributed by atoms with Crippen molar-refractivity contribution in [1.29, 1.82) is 0 Å². The zero-order chi connectivity index (χ0) is 19.4. The Kier molecular flexibility index (Phi) is 5.40. The van der Waals surface area contributed by atoms with Gasteiger partial charge in [0.2, 0.25) is 5.91 Å². The maximum absolute atomic E-state index is 12.4. The number of benzene rings is 2. The molecule has 3 rings (SSSR count). The summed E-state index contributed by atoms with van der Waals surface area (Å²) in [6.45, 7) is 3.32. The number of imide groups is 1. The van der Waals surface area contributed by atoms with Gasteiger partial charge in [0, 0.05) is 0 Å². The van der Waals surface area contributed by atoms with Crippen molar-refractivity contribution < 1.29 is 19.1 Å². The molecule has 1 atom stereocenters. The van der Waals surface area contributed by atoms with E-state index in [0.29, 0.717) is 17.2 Å². The molecule has 2 aromatic rings. The summed E-state index contributed by atoms with van der Waals surface area (Å²) in [4.78, 5) is 37.6. The summed E-state index contributed by atoms with van der Waals surface area (Å²) >= 11 is 0. The monoisotopic (exact) mass is 367 g/mol. The van der Waals surface area contributed by atoms with Crippen molar-refractivity contribution in [2.24, 2.45) is 5.92 Å². The SMILES string of the molecule is CC(C)C1NC(=O)N(CC(=O)Nc2ccccc2Oc2ccccc2)C1=O. The number of hydrogen-bond donors (Lipinski definition) is 2. The lowest BCUT2D eigenvalue weighted by molar-refractivity contribution is -0.131. The molecule has 1 unspecified atom stereocenters. The minimum atomic E-state index is -0.598. The second kappa shape index (κ2) is 7.90. The Labute approximate surface area is 157 Å². The van der Waals surface area contributed by atoms with Gasteiger partial charge in [-0.15, -0.1) is 0 Å². The Morgan fingerprint density at radius 2 is 1.78 bits per heavy atom. The van der Waals surface area contributed by atoms with Crippen LogP contribution < -0.4 is 15.4 Å². The highest BCUT2D eigenvalue weighted by Gasteiger charge is 2.40. The van der Waals surface area contributed by atoms with E-state index in [1.165, 1.54) is 0 Å². The van der Waals surface area contributed by atoms with Gasteiger partial charge in [-0.3, -0.25) is 14.5 Å². The summed E-state index contributed by atoms with van der Waals surface area (Å²) in [7, 11) is 0. The quantitative estimate of drug-likeness (QED) is 0.769. The third-order valence-corrected chi connectivity index (χ3v) is 4.16. The number of carbonyl (C=O) groups excluding carboxylic acids is 3. The molecule has 0 radical (unpaired) electrons. The summed E-state index contributed by atoms with van der Waals surface area (Å²) in [5, 5.41) is 5.30. The number of amides is 4. The molecule has 1 heterocycles. The molecular formula is C20H21N3O4. The van der Waals surface area contributed by atoms with Crippen molar-refractivity contribution in [1.82, 2.24) is 10.2 Å². The normalized spacial score (nSPS) is 16.4. The second-order valence-electron chi connectivity index (χ2n) is 6.56. The third-order valence-electron chi connectivity index (χ3n) is 4.16. The van der Waals surface area contributed by atoms with E-state index in [-0.39, 0.29) is 18.4 Å². The number of nitrogens with zero attached hydrogens (tertiary/aromatic N) is 1. The number of carbonyl (C=O) groups is 3. The fourth-order valence-corrected chi connectivity index (χ4v) is 2.75. The number of rotatable bonds is 6. The minimum Gasteiger partial charge on any atom is -0.455 e. The van der Waals surface area contributed by atoms with E-state index in [1.54, 1.807) is 36.4 Å². The van der Waals surface area contributed by atoms with Crippen molar-refractivity contribution in [3.63, 3.8) is 0 Å². The Balaban J connectivity index is 1.68. The average Bonchev–Trinajstić information content (AvgIpc) is 2.92. The first kappa shape index (κ1) is 18.4. The molecule has 1 fully saturated rings. The van der Waals surface area contributed by atoms with Gasteiger partial charge in [0.05, 0.1) is 5.69 Å². The van der Waals surface area contributed by atoms with E-state index in [0.717, 1.165) is 4.90 Å². The van der Waals surface area contributed by atoms with Crippen LogP contribution in [0.5, 0.6) is 11.5 Å². The maximum Gasteiger partial charge on any atom is 0.325 e. The molecule has 2 N–H and O–H groups in total. The van der Waals surface area contributed by atoms with Crippen LogP contribution >= 0.6 is 0 Å². The van der Waals surface area contributed by atoms with Gasteiger partial charge in [-0.25, -0.2) is 4.79 Å². The largest absolute Gasteiger partial charge is 0.455 e. The van der Waals surface area contributed by atoms with Gasteiger partial charge in [-0.1, -0.05) is 44.2 Å². The van der Waals surface area contributed by atoms with Gasteiger partial charge in [0.15, 0.2) is 5.75 Å². The molecule has 0 bridgehead atoms. The summed E-state index contributed by atoms with van der Waals surface area (Å²) in [6, 6.07) is 15.0. The van der Waals surface area contributed by atoms with Gasteiger partial charge >= 0.3 is 6.03 Å². The van der Waals surface area contributed by atoms with Crippen LogP contribution in [0.3, 0.4) is 0 Å².